The Bertz CT molecular complexity index is 752. The predicted octanol–water partition coefficient (Wildman–Crippen LogP) is 9.71. The van der Waals surface area contributed by atoms with Gasteiger partial charge in [0.15, 0.2) is 0 Å². The van der Waals surface area contributed by atoms with Crippen molar-refractivity contribution in [3.63, 3.8) is 0 Å². The molecule has 0 amide bonds. The molecular formula is C30H43Cl. The summed E-state index contributed by atoms with van der Waals surface area (Å²) in [5.41, 5.74) is 5.66. The third-order valence-electron chi connectivity index (χ3n) is 7.39. The fourth-order valence-corrected chi connectivity index (χ4v) is 5.50. The maximum atomic E-state index is 6.72. The first-order valence-corrected chi connectivity index (χ1v) is 13.4. The van der Waals surface area contributed by atoms with Crippen LogP contribution in [0.4, 0.5) is 0 Å². The standard InChI is InChI=1S/C30H43Cl/c1-3-5-7-9-24-11-13-26(14-12-24)17-20-28-21-22-29(23-30(28)31)27-18-15-25(16-19-27)10-8-6-4-2/h11-14,21-23,25,27H,3-10,15-20H2,1-2H3. The molecule has 2 aromatic rings. The van der Waals surface area contributed by atoms with Gasteiger partial charge in [0.25, 0.3) is 0 Å². The Hall–Kier alpha value is -1.27. The van der Waals surface area contributed by atoms with Gasteiger partial charge in [0.1, 0.15) is 0 Å². The van der Waals surface area contributed by atoms with Crippen molar-refractivity contribution in [3.8, 4) is 0 Å². The molecule has 1 heteroatoms. The fourth-order valence-electron chi connectivity index (χ4n) is 5.22. The minimum Gasteiger partial charge on any atom is -0.0840 e. The highest BCUT2D eigenvalue weighted by Crippen LogP contribution is 2.38. The molecule has 0 saturated heterocycles. The molecule has 0 heterocycles. The Morgan fingerprint density at radius 1 is 0.710 bits per heavy atom. The summed E-state index contributed by atoms with van der Waals surface area (Å²) < 4.78 is 0. The van der Waals surface area contributed by atoms with Crippen molar-refractivity contribution in [2.24, 2.45) is 5.92 Å². The van der Waals surface area contributed by atoms with Crippen LogP contribution in [0.2, 0.25) is 5.02 Å². The predicted molar refractivity (Wildman–Crippen MR) is 137 cm³/mol. The summed E-state index contributed by atoms with van der Waals surface area (Å²) in [6.07, 6.45) is 18.3. The van der Waals surface area contributed by atoms with Gasteiger partial charge in [0.05, 0.1) is 0 Å². The maximum absolute atomic E-state index is 6.72. The lowest BCUT2D eigenvalue weighted by atomic mass is 9.77. The van der Waals surface area contributed by atoms with Crippen LogP contribution in [0, 0.1) is 5.92 Å². The normalized spacial score (nSPS) is 18.9. The van der Waals surface area contributed by atoms with Gasteiger partial charge in [-0.3, -0.25) is 0 Å². The van der Waals surface area contributed by atoms with Crippen LogP contribution in [-0.2, 0) is 19.3 Å². The Morgan fingerprint density at radius 2 is 1.35 bits per heavy atom. The number of unbranched alkanes of at least 4 members (excludes halogenated alkanes) is 4. The lowest BCUT2D eigenvalue weighted by molar-refractivity contribution is 0.303. The molecular weight excluding hydrogens is 396 g/mol. The summed E-state index contributed by atoms with van der Waals surface area (Å²) >= 11 is 6.72. The average Bonchev–Trinajstić information content (AvgIpc) is 2.80. The molecule has 0 nitrogen and oxygen atoms in total. The Kier molecular flexibility index (Phi) is 10.5. The summed E-state index contributed by atoms with van der Waals surface area (Å²) in [4.78, 5) is 0. The van der Waals surface area contributed by atoms with E-state index in [1.54, 1.807) is 0 Å². The van der Waals surface area contributed by atoms with Crippen LogP contribution < -0.4 is 0 Å². The monoisotopic (exact) mass is 438 g/mol. The average molecular weight is 439 g/mol. The molecule has 0 bridgehead atoms. The fraction of sp³-hybridized carbons (Fsp3) is 0.600. The number of hydrogen-bond donors (Lipinski definition) is 0. The maximum Gasteiger partial charge on any atom is 0.0440 e. The quantitative estimate of drug-likeness (QED) is 0.289. The highest BCUT2D eigenvalue weighted by molar-refractivity contribution is 6.31. The van der Waals surface area contributed by atoms with Crippen molar-refractivity contribution in [3.05, 3.63) is 69.7 Å². The van der Waals surface area contributed by atoms with Crippen molar-refractivity contribution in [1.82, 2.24) is 0 Å². The second kappa shape index (κ2) is 13.3. The summed E-state index contributed by atoms with van der Waals surface area (Å²) in [7, 11) is 0. The van der Waals surface area contributed by atoms with E-state index in [0.717, 1.165) is 23.8 Å². The Balaban J connectivity index is 1.46. The van der Waals surface area contributed by atoms with Crippen molar-refractivity contribution in [2.45, 2.75) is 110 Å². The molecule has 1 fully saturated rings. The van der Waals surface area contributed by atoms with Gasteiger partial charge in [-0.25, -0.2) is 0 Å². The molecule has 1 aliphatic rings. The van der Waals surface area contributed by atoms with Gasteiger partial charge >= 0.3 is 0 Å². The molecule has 31 heavy (non-hydrogen) atoms. The number of benzene rings is 2. The van der Waals surface area contributed by atoms with E-state index in [4.69, 9.17) is 11.6 Å². The van der Waals surface area contributed by atoms with Crippen molar-refractivity contribution >= 4 is 11.6 Å². The molecule has 0 unspecified atom stereocenters. The van der Waals surface area contributed by atoms with Crippen molar-refractivity contribution < 1.29 is 0 Å². The van der Waals surface area contributed by atoms with E-state index in [-0.39, 0.29) is 0 Å². The van der Waals surface area contributed by atoms with Gasteiger partial charge < -0.3 is 0 Å². The third kappa shape index (κ3) is 7.98. The van der Waals surface area contributed by atoms with E-state index in [1.807, 2.05) is 0 Å². The summed E-state index contributed by atoms with van der Waals surface area (Å²) in [6, 6.07) is 16.2. The zero-order valence-electron chi connectivity index (χ0n) is 20.0. The Morgan fingerprint density at radius 3 is 2.00 bits per heavy atom. The van der Waals surface area contributed by atoms with Crippen LogP contribution in [0.25, 0.3) is 0 Å². The number of hydrogen-bond acceptors (Lipinski definition) is 0. The van der Waals surface area contributed by atoms with Gasteiger partial charge in [-0.1, -0.05) is 100 Å². The van der Waals surface area contributed by atoms with E-state index in [2.05, 4.69) is 56.3 Å². The van der Waals surface area contributed by atoms with E-state index in [1.165, 1.54) is 99.3 Å². The number of halogens is 1. The zero-order valence-corrected chi connectivity index (χ0v) is 20.7. The lowest BCUT2D eigenvalue weighted by Gasteiger charge is -2.29. The zero-order chi connectivity index (χ0) is 21.9. The van der Waals surface area contributed by atoms with Gasteiger partial charge in [0, 0.05) is 5.02 Å². The molecule has 1 saturated carbocycles. The van der Waals surface area contributed by atoms with Crippen LogP contribution in [0.3, 0.4) is 0 Å². The van der Waals surface area contributed by atoms with Gasteiger partial charge in [0.2, 0.25) is 0 Å². The van der Waals surface area contributed by atoms with Crippen LogP contribution in [0.5, 0.6) is 0 Å². The molecule has 0 atom stereocenters. The minimum atomic E-state index is 0.717. The second-order valence-electron chi connectivity index (χ2n) is 9.84. The highest BCUT2D eigenvalue weighted by atomic mass is 35.5. The van der Waals surface area contributed by atoms with Crippen LogP contribution in [0.1, 0.15) is 113 Å². The summed E-state index contributed by atoms with van der Waals surface area (Å²) in [5.74, 6) is 1.69. The van der Waals surface area contributed by atoms with Gasteiger partial charge in [-0.05, 0) is 91.5 Å². The van der Waals surface area contributed by atoms with Crippen LogP contribution >= 0.6 is 11.6 Å². The topological polar surface area (TPSA) is 0 Å². The minimum absolute atomic E-state index is 0.717. The molecule has 0 aliphatic heterocycles. The van der Waals surface area contributed by atoms with Gasteiger partial charge in [-0.2, -0.15) is 0 Å². The molecule has 0 N–H and O–H groups in total. The van der Waals surface area contributed by atoms with E-state index >= 15 is 0 Å². The summed E-state index contributed by atoms with van der Waals surface area (Å²) in [6.45, 7) is 4.57. The molecule has 1 aliphatic carbocycles. The molecule has 0 spiro atoms. The van der Waals surface area contributed by atoms with Crippen LogP contribution in [-0.4, -0.2) is 0 Å². The number of aryl methyl sites for hydroxylation is 3. The van der Waals surface area contributed by atoms with E-state index < -0.39 is 0 Å². The van der Waals surface area contributed by atoms with E-state index in [9.17, 15) is 0 Å². The van der Waals surface area contributed by atoms with Gasteiger partial charge in [-0.15, -0.1) is 0 Å². The number of rotatable bonds is 12. The molecule has 3 rings (SSSR count). The first kappa shape index (κ1) is 24.4. The third-order valence-corrected chi connectivity index (χ3v) is 7.74. The first-order chi connectivity index (χ1) is 15.2. The van der Waals surface area contributed by atoms with Crippen molar-refractivity contribution in [1.29, 1.82) is 0 Å². The molecule has 0 radical (unpaired) electrons. The second-order valence-corrected chi connectivity index (χ2v) is 10.2. The smallest absolute Gasteiger partial charge is 0.0440 e. The molecule has 0 aromatic heterocycles. The molecule has 170 valence electrons. The van der Waals surface area contributed by atoms with Crippen LogP contribution in [0.15, 0.2) is 42.5 Å². The highest BCUT2D eigenvalue weighted by Gasteiger charge is 2.22. The van der Waals surface area contributed by atoms with Crippen molar-refractivity contribution in [2.75, 3.05) is 0 Å². The van der Waals surface area contributed by atoms with E-state index in [0.29, 0.717) is 5.92 Å². The lowest BCUT2D eigenvalue weighted by Crippen LogP contribution is -2.13. The SMILES string of the molecule is CCCCCc1ccc(CCc2ccc(C3CCC(CCCCC)CC3)cc2Cl)cc1. The summed E-state index contributed by atoms with van der Waals surface area (Å²) in [5, 5.41) is 0.971. The Labute approximate surface area is 196 Å². The largest absolute Gasteiger partial charge is 0.0840 e. The molecule has 2 aromatic carbocycles. The first-order valence-electron chi connectivity index (χ1n) is 13.1.